The molecule has 0 bridgehead atoms. The second-order valence-electron chi connectivity index (χ2n) is 6.45. The van der Waals surface area contributed by atoms with Crippen molar-refractivity contribution in [3.8, 4) is 0 Å². The second-order valence-corrected chi connectivity index (χ2v) is 6.45. The number of aryl methyl sites for hydroxylation is 1. The Morgan fingerprint density at radius 3 is 3.05 bits per heavy atom. The van der Waals surface area contributed by atoms with Gasteiger partial charge in [-0.3, -0.25) is 4.79 Å². The molecule has 0 aromatic heterocycles. The van der Waals surface area contributed by atoms with Gasteiger partial charge in [-0.25, -0.2) is 0 Å². The van der Waals surface area contributed by atoms with Gasteiger partial charge in [0.05, 0.1) is 5.60 Å². The SMILES string of the molecule is CC1CCCC(O)(CNC(=O)CCc2cccc(N)c2)C1. The average molecular weight is 290 g/mol. The largest absolute Gasteiger partial charge is 0.399 e. The Kier molecular flexibility index (Phi) is 5.23. The van der Waals surface area contributed by atoms with E-state index < -0.39 is 5.60 Å². The lowest BCUT2D eigenvalue weighted by molar-refractivity contribution is -0.122. The molecule has 21 heavy (non-hydrogen) atoms. The molecule has 1 amide bonds. The van der Waals surface area contributed by atoms with Gasteiger partial charge in [0.2, 0.25) is 5.91 Å². The Bertz CT molecular complexity index is 489. The first-order chi connectivity index (χ1) is 9.97. The van der Waals surface area contributed by atoms with Gasteiger partial charge >= 0.3 is 0 Å². The van der Waals surface area contributed by atoms with E-state index in [-0.39, 0.29) is 5.91 Å². The zero-order valence-electron chi connectivity index (χ0n) is 12.8. The number of aliphatic hydroxyl groups is 1. The smallest absolute Gasteiger partial charge is 0.220 e. The predicted octanol–water partition coefficient (Wildman–Crippen LogP) is 2.26. The molecule has 116 valence electrons. The molecule has 1 aromatic carbocycles. The third-order valence-corrected chi connectivity index (χ3v) is 4.27. The van der Waals surface area contributed by atoms with E-state index in [0.29, 0.717) is 25.3 Å². The molecule has 0 spiro atoms. The van der Waals surface area contributed by atoms with Crippen molar-refractivity contribution < 1.29 is 9.90 Å². The minimum absolute atomic E-state index is 0.0101. The predicted molar refractivity (Wildman–Crippen MR) is 84.8 cm³/mol. The maximum absolute atomic E-state index is 11.9. The fraction of sp³-hybridized carbons (Fsp3) is 0.588. The fourth-order valence-electron chi connectivity index (χ4n) is 3.15. The molecular weight excluding hydrogens is 264 g/mol. The second kappa shape index (κ2) is 6.94. The van der Waals surface area contributed by atoms with Gasteiger partial charge in [0.1, 0.15) is 0 Å². The molecule has 1 saturated carbocycles. The average Bonchev–Trinajstić information content (AvgIpc) is 2.43. The van der Waals surface area contributed by atoms with Crippen LogP contribution < -0.4 is 11.1 Å². The van der Waals surface area contributed by atoms with Crippen molar-refractivity contribution in [2.24, 2.45) is 5.92 Å². The van der Waals surface area contributed by atoms with Crippen LogP contribution in [0.25, 0.3) is 0 Å². The summed E-state index contributed by atoms with van der Waals surface area (Å²) in [5.74, 6) is 0.525. The molecule has 4 nitrogen and oxygen atoms in total. The molecular formula is C17H26N2O2. The number of nitrogen functional groups attached to an aromatic ring is 1. The number of anilines is 1. The first-order valence-electron chi connectivity index (χ1n) is 7.80. The van der Waals surface area contributed by atoms with Gasteiger partial charge < -0.3 is 16.2 Å². The number of nitrogens with two attached hydrogens (primary N) is 1. The highest BCUT2D eigenvalue weighted by Crippen LogP contribution is 2.31. The van der Waals surface area contributed by atoms with E-state index in [9.17, 15) is 9.90 Å². The van der Waals surface area contributed by atoms with Crippen molar-refractivity contribution in [1.29, 1.82) is 0 Å². The number of carbonyl (C=O) groups excluding carboxylic acids is 1. The van der Waals surface area contributed by atoms with Gasteiger partial charge in [0.25, 0.3) is 0 Å². The summed E-state index contributed by atoms with van der Waals surface area (Å²) in [6, 6.07) is 7.60. The van der Waals surface area contributed by atoms with E-state index in [1.807, 2.05) is 24.3 Å². The molecule has 0 radical (unpaired) electrons. The number of amides is 1. The van der Waals surface area contributed by atoms with E-state index in [2.05, 4.69) is 12.2 Å². The van der Waals surface area contributed by atoms with E-state index in [0.717, 1.165) is 30.5 Å². The van der Waals surface area contributed by atoms with Crippen LogP contribution in [0.2, 0.25) is 0 Å². The highest BCUT2D eigenvalue weighted by atomic mass is 16.3. The highest BCUT2D eigenvalue weighted by Gasteiger charge is 2.32. The molecule has 0 aliphatic heterocycles. The molecule has 4 N–H and O–H groups in total. The molecule has 1 aliphatic carbocycles. The lowest BCUT2D eigenvalue weighted by Gasteiger charge is -2.35. The molecule has 2 rings (SSSR count). The van der Waals surface area contributed by atoms with E-state index >= 15 is 0 Å². The monoisotopic (exact) mass is 290 g/mol. The van der Waals surface area contributed by atoms with Crippen molar-refractivity contribution in [2.75, 3.05) is 12.3 Å². The molecule has 0 heterocycles. The molecule has 1 aliphatic rings. The van der Waals surface area contributed by atoms with Gasteiger partial charge in [0.15, 0.2) is 0 Å². The van der Waals surface area contributed by atoms with Gasteiger partial charge in [-0.1, -0.05) is 31.9 Å². The third-order valence-electron chi connectivity index (χ3n) is 4.27. The molecule has 2 unspecified atom stereocenters. The minimum Gasteiger partial charge on any atom is -0.399 e. The fourth-order valence-corrected chi connectivity index (χ4v) is 3.15. The van der Waals surface area contributed by atoms with Crippen LogP contribution in [0, 0.1) is 5.92 Å². The summed E-state index contributed by atoms with van der Waals surface area (Å²) in [5.41, 5.74) is 6.79. The minimum atomic E-state index is -0.718. The quantitative estimate of drug-likeness (QED) is 0.728. The summed E-state index contributed by atoms with van der Waals surface area (Å²) < 4.78 is 0. The molecule has 1 aromatic rings. The van der Waals surface area contributed by atoms with Crippen LogP contribution in [0.4, 0.5) is 5.69 Å². The molecule has 4 heteroatoms. The Balaban J connectivity index is 1.74. The van der Waals surface area contributed by atoms with E-state index in [1.54, 1.807) is 0 Å². The topological polar surface area (TPSA) is 75.3 Å². The van der Waals surface area contributed by atoms with Crippen LogP contribution >= 0.6 is 0 Å². The van der Waals surface area contributed by atoms with Crippen molar-refractivity contribution in [3.63, 3.8) is 0 Å². The molecule has 0 saturated heterocycles. The van der Waals surface area contributed by atoms with Crippen LogP contribution in [0.1, 0.15) is 44.6 Å². The summed E-state index contributed by atoms with van der Waals surface area (Å²) in [6.45, 7) is 2.53. The van der Waals surface area contributed by atoms with Crippen LogP contribution in [0.5, 0.6) is 0 Å². The maximum Gasteiger partial charge on any atom is 0.220 e. The number of rotatable bonds is 5. The van der Waals surface area contributed by atoms with Crippen LogP contribution in [0.15, 0.2) is 24.3 Å². The summed E-state index contributed by atoms with van der Waals surface area (Å²) in [4.78, 5) is 11.9. The number of hydrogen-bond donors (Lipinski definition) is 3. The summed E-state index contributed by atoms with van der Waals surface area (Å²) in [6.07, 6.45) is 4.87. The van der Waals surface area contributed by atoms with Crippen molar-refractivity contribution in [3.05, 3.63) is 29.8 Å². The van der Waals surface area contributed by atoms with Crippen LogP contribution in [-0.4, -0.2) is 23.2 Å². The van der Waals surface area contributed by atoms with Crippen molar-refractivity contribution >= 4 is 11.6 Å². The number of nitrogens with one attached hydrogen (secondary N) is 1. The number of benzene rings is 1. The Morgan fingerprint density at radius 1 is 1.52 bits per heavy atom. The van der Waals surface area contributed by atoms with Gasteiger partial charge in [-0.05, 0) is 42.9 Å². The highest BCUT2D eigenvalue weighted by molar-refractivity contribution is 5.76. The Hall–Kier alpha value is -1.55. The maximum atomic E-state index is 11.9. The van der Waals surface area contributed by atoms with Crippen molar-refractivity contribution in [2.45, 2.75) is 51.0 Å². The van der Waals surface area contributed by atoms with Gasteiger partial charge in [-0.2, -0.15) is 0 Å². The van der Waals surface area contributed by atoms with Crippen LogP contribution in [0.3, 0.4) is 0 Å². The zero-order valence-corrected chi connectivity index (χ0v) is 12.8. The van der Waals surface area contributed by atoms with Gasteiger partial charge in [0, 0.05) is 18.7 Å². The molecule has 2 atom stereocenters. The lowest BCUT2D eigenvalue weighted by Crippen LogP contribution is -2.45. The number of hydrogen-bond acceptors (Lipinski definition) is 3. The van der Waals surface area contributed by atoms with E-state index in [1.165, 1.54) is 6.42 Å². The Labute approximate surface area is 126 Å². The third kappa shape index (κ3) is 5.05. The van der Waals surface area contributed by atoms with Gasteiger partial charge in [-0.15, -0.1) is 0 Å². The van der Waals surface area contributed by atoms with E-state index in [4.69, 9.17) is 5.73 Å². The van der Waals surface area contributed by atoms with Crippen molar-refractivity contribution in [1.82, 2.24) is 5.32 Å². The number of carbonyl (C=O) groups is 1. The normalized spacial score (nSPS) is 25.5. The zero-order chi connectivity index (χ0) is 15.3. The van der Waals surface area contributed by atoms with Crippen LogP contribution in [-0.2, 0) is 11.2 Å². The Morgan fingerprint density at radius 2 is 2.33 bits per heavy atom. The first-order valence-corrected chi connectivity index (χ1v) is 7.80. The molecule has 1 fully saturated rings. The standard InChI is InChI=1S/C17H26N2O2/c1-13-4-3-9-17(21,11-13)12-19-16(20)8-7-14-5-2-6-15(18)10-14/h2,5-6,10,13,21H,3-4,7-9,11-12,18H2,1H3,(H,19,20). The first kappa shape index (κ1) is 15.8. The summed E-state index contributed by atoms with van der Waals surface area (Å²) >= 11 is 0. The summed E-state index contributed by atoms with van der Waals surface area (Å²) in [7, 11) is 0. The lowest BCUT2D eigenvalue weighted by atomic mass is 9.79. The summed E-state index contributed by atoms with van der Waals surface area (Å²) in [5, 5.41) is 13.4.